The zero-order valence-electron chi connectivity index (χ0n) is 8.04. The summed E-state index contributed by atoms with van der Waals surface area (Å²) >= 11 is 1.42. The van der Waals surface area contributed by atoms with Crippen molar-refractivity contribution in [3.05, 3.63) is 23.1 Å². The Morgan fingerprint density at radius 3 is 2.77 bits per heavy atom. The Kier molecular flexibility index (Phi) is 7.14. The third-order valence-corrected chi connectivity index (χ3v) is 2.40. The predicted octanol–water partition coefficient (Wildman–Crippen LogP) is 2.79. The number of hydrogen-bond donors (Lipinski definition) is 0. The number of carbonyl (C=O) groups excluding carboxylic acids is 1. The molecule has 0 spiro atoms. The Hall–Kier alpha value is -0.940. The van der Waals surface area contributed by atoms with Crippen LogP contribution in [0.25, 0.3) is 0 Å². The molecule has 0 saturated carbocycles. The molecule has 70 valence electrons. The van der Waals surface area contributed by atoms with Gasteiger partial charge in [0.05, 0.1) is 10.7 Å². The smallest absolute Gasteiger partial charge is 0.142 e. The lowest BCUT2D eigenvalue weighted by molar-refractivity contribution is -0.116. The van der Waals surface area contributed by atoms with Crippen LogP contribution < -0.4 is 0 Å². The summed E-state index contributed by atoms with van der Waals surface area (Å²) in [7, 11) is 0. The lowest BCUT2D eigenvalue weighted by Crippen LogP contribution is -1.97. The third kappa shape index (κ3) is 6.24. The molecule has 0 aliphatic heterocycles. The highest BCUT2D eigenvalue weighted by Crippen LogP contribution is 2.14. The van der Waals surface area contributed by atoms with E-state index in [0.29, 0.717) is 12.2 Å². The maximum atomic E-state index is 11.0. The first-order chi connectivity index (χ1) is 6.24. The minimum Gasteiger partial charge on any atom is -0.299 e. The van der Waals surface area contributed by atoms with Crippen molar-refractivity contribution in [3.63, 3.8) is 0 Å². The Morgan fingerprint density at radius 2 is 2.31 bits per heavy atom. The van der Waals surface area contributed by atoms with Gasteiger partial charge >= 0.3 is 0 Å². The molecule has 0 amide bonds. The first-order valence-electron chi connectivity index (χ1n) is 4.18. The Labute approximate surface area is 84.3 Å². The molecule has 0 atom stereocenters. The summed E-state index contributed by atoms with van der Waals surface area (Å²) in [6.45, 7) is 3.78. The standard InChI is InChI=1S/C11H14OS/c1-4-7-8-11(6-3)13-9-10(12)5-2/h3-4,7-8H,5,9H2,1-2H3/b7-4-,11-8+. The number of rotatable bonds is 5. The van der Waals surface area contributed by atoms with E-state index in [0.717, 1.165) is 4.91 Å². The van der Waals surface area contributed by atoms with Gasteiger partial charge in [-0.1, -0.05) is 25.0 Å². The largest absolute Gasteiger partial charge is 0.299 e. The molecule has 0 heterocycles. The zero-order valence-corrected chi connectivity index (χ0v) is 8.86. The van der Waals surface area contributed by atoms with Crippen LogP contribution in [0, 0.1) is 12.3 Å². The van der Waals surface area contributed by atoms with E-state index in [9.17, 15) is 4.79 Å². The van der Waals surface area contributed by atoms with Crippen LogP contribution in [0.4, 0.5) is 0 Å². The monoisotopic (exact) mass is 194 g/mol. The molecule has 0 saturated heterocycles. The third-order valence-electron chi connectivity index (χ3n) is 1.37. The van der Waals surface area contributed by atoms with Crippen molar-refractivity contribution >= 4 is 17.5 Å². The summed E-state index contributed by atoms with van der Waals surface area (Å²) in [6.07, 6.45) is 11.5. The zero-order chi connectivity index (χ0) is 10.1. The Morgan fingerprint density at radius 1 is 1.62 bits per heavy atom. The average molecular weight is 194 g/mol. The number of carbonyl (C=O) groups is 1. The summed E-state index contributed by atoms with van der Waals surface area (Å²) in [4.78, 5) is 11.8. The molecular formula is C11H14OS. The second-order valence-electron chi connectivity index (χ2n) is 2.38. The predicted molar refractivity (Wildman–Crippen MR) is 59.5 cm³/mol. The highest BCUT2D eigenvalue weighted by Gasteiger charge is 1.99. The minimum absolute atomic E-state index is 0.228. The molecule has 1 nitrogen and oxygen atoms in total. The van der Waals surface area contributed by atoms with E-state index in [1.807, 2.05) is 32.1 Å². The van der Waals surface area contributed by atoms with Crippen molar-refractivity contribution in [2.24, 2.45) is 0 Å². The molecule has 0 N–H and O–H groups in total. The first kappa shape index (κ1) is 12.1. The van der Waals surface area contributed by atoms with Crippen LogP contribution in [0.2, 0.25) is 0 Å². The summed E-state index contributed by atoms with van der Waals surface area (Å²) in [5.74, 6) is 3.24. The number of Topliss-reactive ketones (excluding diaryl/α,β-unsaturated/α-hetero) is 1. The van der Waals surface area contributed by atoms with Gasteiger partial charge in [-0.25, -0.2) is 0 Å². The van der Waals surface area contributed by atoms with Crippen molar-refractivity contribution in [1.82, 2.24) is 0 Å². The number of hydrogen-bond acceptors (Lipinski definition) is 2. The lowest BCUT2D eigenvalue weighted by atomic mass is 10.4. The normalized spacial score (nSPS) is 11.6. The van der Waals surface area contributed by atoms with E-state index in [1.165, 1.54) is 11.8 Å². The number of allylic oxidation sites excluding steroid dienone is 4. The second kappa shape index (κ2) is 7.70. The van der Waals surface area contributed by atoms with Crippen LogP contribution in [0.15, 0.2) is 23.1 Å². The fraction of sp³-hybridized carbons (Fsp3) is 0.364. The van der Waals surface area contributed by atoms with Crippen LogP contribution in [0.3, 0.4) is 0 Å². The molecule has 0 aromatic heterocycles. The van der Waals surface area contributed by atoms with Crippen molar-refractivity contribution in [2.45, 2.75) is 20.3 Å². The van der Waals surface area contributed by atoms with Crippen LogP contribution in [0.1, 0.15) is 20.3 Å². The van der Waals surface area contributed by atoms with Gasteiger partial charge in [-0.2, -0.15) is 0 Å². The first-order valence-corrected chi connectivity index (χ1v) is 5.17. The summed E-state index contributed by atoms with van der Waals surface area (Å²) in [6, 6.07) is 0. The fourth-order valence-corrected chi connectivity index (χ4v) is 1.36. The Balaban J connectivity index is 4.02. The van der Waals surface area contributed by atoms with Gasteiger partial charge in [0, 0.05) is 6.42 Å². The molecule has 0 unspecified atom stereocenters. The van der Waals surface area contributed by atoms with Crippen molar-refractivity contribution < 1.29 is 4.79 Å². The summed E-state index contributed by atoms with van der Waals surface area (Å²) < 4.78 is 0. The SMILES string of the molecule is C#C/C(=C\C=C/C)SCC(=O)CC. The molecule has 13 heavy (non-hydrogen) atoms. The van der Waals surface area contributed by atoms with Crippen molar-refractivity contribution in [3.8, 4) is 12.3 Å². The molecule has 0 rings (SSSR count). The topological polar surface area (TPSA) is 17.1 Å². The Bertz CT molecular complexity index is 256. The van der Waals surface area contributed by atoms with E-state index in [-0.39, 0.29) is 5.78 Å². The summed E-state index contributed by atoms with van der Waals surface area (Å²) in [5.41, 5.74) is 0. The van der Waals surface area contributed by atoms with Gasteiger partial charge < -0.3 is 0 Å². The highest BCUT2D eigenvalue weighted by atomic mass is 32.2. The van der Waals surface area contributed by atoms with E-state index < -0.39 is 0 Å². The van der Waals surface area contributed by atoms with Crippen molar-refractivity contribution in [2.75, 3.05) is 5.75 Å². The maximum Gasteiger partial charge on any atom is 0.142 e. The number of ketones is 1. The number of terminal acetylenes is 1. The fourth-order valence-electron chi connectivity index (χ4n) is 0.582. The molecule has 2 heteroatoms. The average Bonchev–Trinajstić information content (AvgIpc) is 2.17. The van der Waals surface area contributed by atoms with Gasteiger partial charge in [0.1, 0.15) is 5.78 Å². The molecule has 0 aromatic rings. The minimum atomic E-state index is 0.228. The molecule has 0 radical (unpaired) electrons. The highest BCUT2D eigenvalue weighted by molar-refractivity contribution is 8.04. The van der Waals surface area contributed by atoms with E-state index in [1.54, 1.807) is 0 Å². The van der Waals surface area contributed by atoms with Gasteiger partial charge in [-0.05, 0) is 13.0 Å². The van der Waals surface area contributed by atoms with Gasteiger partial charge in [0.25, 0.3) is 0 Å². The molecule has 0 fully saturated rings. The van der Waals surface area contributed by atoms with E-state index in [4.69, 9.17) is 6.42 Å². The van der Waals surface area contributed by atoms with Crippen LogP contribution in [-0.2, 0) is 4.79 Å². The lowest BCUT2D eigenvalue weighted by Gasteiger charge is -1.96. The summed E-state index contributed by atoms with van der Waals surface area (Å²) in [5, 5.41) is 0. The van der Waals surface area contributed by atoms with Gasteiger partial charge in [0.15, 0.2) is 0 Å². The van der Waals surface area contributed by atoms with Crippen LogP contribution in [-0.4, -0.2) is 11.5 Å². The van der Waals surface area contributed by atoms with Crippen molar-refractivity contribution in [1.29, 1.82) is 0 Å². The van der Waals surface area contributed by atoms with E-state index >= 15 is 0 Å². The number of thioether (sulfide) groups is 1. The van der Waals surface area contributed by atoms with Gasteiger partial charge in [-0.15, -0.1) is 18.2 Å². The van der Waals surface area contributed by atoms with Crippen LogP contribution >= 0.6 is 11.8 Å². The second-order valence-corrected chi connectivity index (χ2v) is 3.40. The molecule has 0 aliphatic carbocycles. The maximum absolute atomic E-state index is 11.0. The van der Waals surface area contributed by atoms with E-state index in [2.05, 4.69) is 5.92 Å². The molecule has 0 bridgehead atoms. The quantitative estimate of drug-likeness (QED) is 0.494. The van der Waals surface area contributed by atoms with Gasteiger partial charge in [0.2, 0.25) is 0 Å². The van der Waals surface area contributed by atoms with Crippen LogP contribution in [0.5, 0.6) is 0 Å². The molecule has 0 aliphatic rings. The molecule has 0 aromatic carbocycles. The molecular weight excluding hydrogens is 180 g/mol. The van der Waals surface area contributed by atoms with Gasteiger partial charge in [-0.3, -0.25) is 4.79 Å².